The Morgan fingerprint density at radius 3 is 2.67 bits per heavy atom. The molecule has 0 aliphatic heterocycles. The van der Waals surface area contributed by atoms with Crippen LogP contribution in [0, 0.1) is 3.57 Å². The van der Waals surface area contributed by atoms with Crippen molar-refractivity contribution in [1.82, 2.24) is 9.97 Å². The largest absolute Gasteiger partial charge is 0.363 e. The van der Waals surface area contributed by atoms with Gasteiger partial charge in [0.1, 0.15) is 12.1 Å². The van der Waals surface area contributed by atoms with Crippen molar-refractivity contribution in [2.75, 3.05) is 11.9 Å². The molecule has 0 saturated heterocycles. The van der Waals surface area contributed by atoms with E-state index in [9.17, 15) is 17.6 Å². The fraction of sp³-hybridized carbons (Fsp3) is 0.429. The molecule has 3 nitrogen and oxygen atoms in total. The average Bonchev–Trinajstić information content (AvgIpc) is 2.16. The van der Waals surface area contributed by atoms with Gasteiger partial charge in [0.2, 0.25) is 0 Å². The summed E-state index contributed by atoms with van der Waals surface area (Å²) in [6.07, 6.45) is -1.16. The number of aromatic nitrogens is 2. The van der Waals surface area contributed by atoms with Crippen molar-refractivity contribution in [1.29, 1.82) is 0 Å². The Morgan fingerprint density at radius 1 is 1.47 bits per heavy atom. The van der Waals surface area contributed by atoms with E-state index in [1.54, 1.807) is 0 Å². The second-order valence-electron chi connectivity index (χ2n) is 2.63. The molecule has 0 spiro atoms. The molecule has 0 aromatic carbocycles. The van der Waals surface area contributed by atoms with Crippen LogP contribution in [0.15, 0.2) is 12.5 Å². The van der Waals surface area contributed by atoms with Crippen LogP contribution in [-0.2, 0) is 0 Å². The molecule has 0 unspecified atom stereocenters. The van der Waals surface area contributed by atoms with Crippen molar-refractivity contribution in [3.8, 4) is 0 Å². The molecule has 0 aliphatic rings. The van der Waals surface area contributed by atoms with Crippen LogP contribution in [0.2, 0.25) is 0 Å². The molecule has 1 rings (SSSR count). The lowest BCUT2D eigenvalue weighted by molar-refractivity contribution is -0.117. The van der Waals surface area contributed by atoms with E-state index in [-0.39, 0.29) is 5.82 Å². The van der Waals surface area contributed by atoms with Crippen LogP contribution in [0.25, 0.3) is 0 Å². The Labute approximate surface area is 96.4 Å². The highest BCUT2D eigenvalue weighted by Gasteiger charge is 2.40. The third-order valence-electron chi connectivity index (χ3n) is 1.48. The number of nitrogens with zero attached hydrogens (tertiary/aromatic N) is 2. The van der Waals surface area contributed by atoms with Crippen LogP contribution in [0.5, 0.6) is 0 Å². The summed E-state index contributed by atoms with van der Waals surface area (Å²) in [6, 6.07) is 0. The van der Waals surface area contributed by atoms with Gasteiger partial charge in [0.05, 0.1) is 10.1 Å². The van der Waals surface area contributed by atoms with Gasteiger partial charge >= 0.3 is 12.3 Å². The number of anilines is 1. The van der Waals surface area contributed by atoms with E-state index < -0.39 is 18.9 Å². The SMILES string of the molecule is FC(F)C(F)(F)CNc1ncncc1I. The predicted octanol–water partition coefficient (Wildman–Crippen LogP) is 2.39. The molecule has 84 valence electrons. The van der Waals surface area contributed by atoms with Gasteiger partial charge in [-0.3, -0.25) is 0 Å². The van der Waals surface area contributed by atoms with Gasteiger partial charge in [-0.2, -0.15) is 8.78 Å². The Balaban J connectivity index is 2.62. The molecule has 1 aromatic rings. The summed E-state index contributed by atoms with van der Waals surface area (Å²) in [5.74, 6) is -3.94. The molecular formula is C7H6F4IN3. The van der Waals surface area contributed by atoms with E-state index >= 15 is 0 Å². The van der Waals surface area contributed by atoms with Gasteiger partial charge in [-0.15, -0.1) is 0 Å². The smallest absolute Gasteiger partial charge is 0.324 e. The minimum atomic E-state index is -4.06. The first-order valence-corrected chi connectivity index (χ1v) is 4.86. The summed E-state index contributed by atoms with van der Waals surface area (Å²) < 4.78 is 49.1. The number of hydrogen-bond acceptors (Lipinski definition) is 3. The average molecular weight is 335 g/mol. The first-order valence-electron chi connectivity index (χ1n) is 3.79. The molecule has 8 heteroatoms. The highest BCUT2D eigenvalue weighted by molar-refractivity contribution is 14.1. The van der Waals surface area contributed by atoms with E-state index in [0.717, 1.165) is 6.33 Å². The van der Waals surface area contributed by atoms with Crippen LogP contribution in [0.1, 0.15) is 0 Å². The Morgan fingerprint density at radius 2 is 2.13 bits per heavy atom. The molecule has 15 heavy (non-hydrogen) atoms. The molecule has 0 atom stereocenters. The minimum absolute atomic E-state index is 0.117. The van der Waals surface area contributed by atoms with Gasteiger partial charge in [-0.1, -0.05) is 0 Å². The van der Waals surface area contributed by atoms with Gasteiger partial charge in [-0.25, -0.2) is 18.7 Å². The van der Waals surface area contributed by atoms with E-state index in [1.807, 2.05) is 22.6 Å². The number of rotatable bonds is 4. The maximum atomic E-state index is 12.5. The zero-order valence-electron chi connectivity index (χ0n) is 7.22. The maximum Gasteiger partial charge on any atom is 0.324 e. The number of alkyl halides is 4. The van der Waals surface area contributed by atoms with Gasteiger partial charge in [0.15, 0.2) is 0 Å². The summed E-state index contributed by atoms with van der Waals surface area (Å²) >= 11 is 1.81. The topological polar surface area (TPSA) is 37.8 Å². The van der Waals surface area contributed by atoms with Crippen molar-refractivity contribution in [2.24, 2.45) is 0 Å². The molecule has 0 radical (unpaired) electrons. The molecule has 1 aromatic heterocycles. The maximum absolute atomic E-state index is 12.5. The zero-order chi connectivity index (χ0) is 11.5. The summed E-state index contributed by atoms with van der Waals surface area (Å²) in [4.78, 5) is 7.26. The van der Waals surface area contributed by atoms with E-state index in [0.29, 0.717) is 3.57 Å². The Hall–Kier alpha value is -0.670. The van der Waals surface area contributed by atoms with Crippen molar-refractivity contribution in [3.63, 3.8) is 0 Å². The Bertz CT molecular complexity index is 334. The molecular weight excluding hydrogens is 329 g/mol. The van der Waals surface area contributed by atoms with E-state index in [4.69, 9.17) is 0 Å². The fourth-order valence-corrected chi connectivity index (χ4v) is 1.21. The van der Waals surface area contributed by atoms with Crippen molar-refractivity contribution in [3.05, 3.63) is 16.1 Å². The van der Waals surface area contributed by atoms with Crippen molar-refractivity contribution < 1.29 is 17.6 Å². The number of hydrogen-bond donors (Lipinski definition) is 1. The summed E-state index contributed by atoms with van der Waals surface area (Å²) in [7, 11) is 0. The third-order valence-corrected chi connectivity index (χ3v) is 2.27. The lowest BCUT2D eigenvalue weighted by Gasteiger charge is -2.16. The third kappa shape index (κ3) is 3.43. The molecule has 0 saturated carbocycles. The normalized spacial score (nSPS) is 11.9. The summed E-state index contributed by atoms with van der Waals surface area (Å²) in [6.45, 7) is -1.16. The van der Waals surface area contributed by atoms with Crippen LogP contribution in [0.4, 0.5) is 23.4 Å². The number of halogens is 5. The van der Waals surface area contributed by atoms with Crippen molar-refractivity contribution in [2.45, 2.75) is 12.3 Å². The predicted molar refractivity (Wildman–Crippen MR) is 54.2 cm³/mol. The van der Waals surface area contributed by atoms with Gasteiger partial charge < -0.3 is 5.32 Å². The highest BCUT2D eigenvalue weighted by Crippen LogP contribution is 2.23. The quantitative estimate of drug-likeness (QED) is 0.678. The molecule has 1 heterocycles. The second kappa shape index (κ2) is 4.90. The highest BCUT2D eigenvalue weighted by atomic mass is 127. The standard InChI is InChI=1S/C7H6F4IN3/c8-6(9)7(10,11)2-14-5-4(12)1-13-3-15-5/h1,3,6H,2H2,(H,13,14,15). The summed E-state index contributed by atoms with van der Waals surface area (Å²) in [5, 5.41) is 2.15. The Kier molecular flexibility index (Phi) is 4.05. The molecule has 0 amide bonds. The monoisotopic (exact) mass is 335 g/mol. The lowest BCUT2D eigenvalue weighted by Crippen LogP contribution is -2.35. The zero-order valence-corrected chi connectivity index (χ0v) is 9.38. The molecule has 0 fully saturated rings. The van der Waals surface area contributed by atoms with E-state index in [2.05, 4.69) is 15.3 Å². The first-order chi connectivity index (χ1) is 6.93. The number of nitrogens with one attached hydrogen (secondary N) is 1. The van der Waals surface area contributed by atoms with Gasteiger partial charge in [-0.05, 0) is 22.6 Å². The lowest BCUT2D eigenvalue weighted by atomic mass is 10.3. The molecule has 1 N–H and O–H groups in total. The molecule has 0 bridgehead atoms. The molecule has 0 aliphatic carbocycles. The van der Waals surface area contributed by atoms with Crippen LogP contribution < -0.4 is 5.32 Å². The summed E-state index contributed by atoms with van der Waals surface area (Å²) in [5.41, 5.74) is 0. The van der Waals surface area contributed by atoms with E-state index in [1.165, 1.54) is 6.20 Å². The van der Waals surface area contributed by atoms with Crippen molar-refractivity contribution >= 4 is 28.4 Å². The van der Waals surface area contributed by atoms with Crippen LogP contribution in [-0.4, -0.2) is 28.9 Å². The second-order valence-corrected chi connectivity index (χ2v) is 3.80. The van der Waals surface area contributed by atoms with Gasteiger partial charge in [0, 0.05) is 6.20 Å². The first kappa shape index (κ1) is 12.4. The van der Waals surface area contributed by atoms with Crippen LogP contribution in [0.3, 0.4) is 0 Å². The van der Waals surface area contributed by atoms with Gasteiger partial charge in [0.25, 0.3) is 0 Å². The van der Waals surface area contributed by atoms with Crippen LogP contribution >= 0.6 is 22.6 Å². The minimum Gasteiger partial charge on any atom is -0.363 e. The fourth-order valence-electron chi connectivity index (χ4n) is 0.721.